The SMILES string of the molecule is Cn1nc(C(F)(F)F)c(C=NOC(=O)c2ccc(Cl)cc2Cl)c1Sc1ccc(Cl)cc1. The quantitative estimate of drug-likeness (QED) is 0.218. The van der Waals surface area contributed by atoms with E-state index in [1.807, 2.05) is 0 Å². The van der Waals surface area contributed by atoms with Gasteiger partial charge in [-0.05, 0) is 42.5 Å². The molecule has 1 aromatic heterocycles. The lowest BCUT2D eigenvalue weighted by molar-refractivity contribution is -0.141. The van der Waals surface area contributed by atoms with Gasteiger partial charge >= 0.3 is 12.1 Å². The topological polar surface area (TPSA) is 56.5 Å². The van der Waals surface area contributed by atoms with Crippen LogP contribution in [-0.4, -0.2) is 22.0 Å². The molecule has 0 aliphatic rings. The summed E-state index contributed by atoms with van der Waals surface area (Å²) in [6.07, 6.45) is -3.96. The molecule has 5 nitrogen and oxygen atoms in total. The normalized spacial score (nSPS) is 11.8. The zero-order valence-corrected chi connectivity index (χ0v) is 18.5. The molecule has 0 saturated heterocycles. The Hall–Kier alpha value is -2.20. The number of carbonyl (C=O) groups is 1. The minimum absolute atomic E-state index is 0.0176. The Morgan fingerprint density at radius 1 is 1.13 bits per heavy atom. The summed E-state index contributed by atoms with van der Waals surface area (Å²) in [7, 11) is 1.37. The number of aryl methyl sites for hydroxylation is 1. The van der Waals surface area contributed by atoms with E-state index in [0.717, 1.165) is 22.7 Å². The summed E-state index contributed by atoms with van der Waals surface area (Å²) in [6.45, 7) is 0. The van der Waals surface area contributed by atoms with Gasteiger partial charge in [0.2, 0.25) is 0 Å². The second-order valence-electron chi connectivity index (χ2n) is 5.98. The molecule has 0 fully saturated rings. The second kappa shape index (κ2) is 9.52. The van der Waals surface area contributed by atoms with E-state index >= 15 is 0 Å². The molecule has 0 aliphatic carbocycles. The molecule has 31 heavy (non-hydrogen) atoms. The largest absolute Gasteiger partial charge is 0.435 e. The summed E-state index contributed by atoms with van der Waals surface area (Å²) >= 11 is 18.6. The third kappa shape index (κ3) is 5.74. The fourth-order valence-corrected chi connectivity index (χ4v) is 3.96. The van der Waals surface area contributed by atoms with Crippen LogP contribution in [-0.2, 0) is 18.1 Å². The van der Waals surface area contributed by atoms with Crippen molar-refractivity contribution in [3.63, 3.8) is 0 Å². The predicted octanol–water partition coefficient (Wildman–Crippen LogP) is 6.74. The Morgan fingerprint density at radius 3 is 2.39 bits per heavy atom. The van der Waals surface area contributed by atoms with Crippen molar-refractivity contribution in [2.24, 2.45) is 12.2 Å². The molecule has 0 saturated carbocycles. The van der Waals surface area contributed by atoms with E-state index in [1.165, 1.54) is 25.2 Å². The van der Waals surface area contributed by atoms with E-state index in [1.54, 1.807) is 24.3 Å². The molecule has 0 unspecified atom stereocenters. The minimum atomic E-state index is -4.75. The average Bonchev–Trinajstić information content (AvgIpc) is 2.99. The van der Waals surface area contributed by atoms with Crippen LogP contribution in [0.15, 0.2) is 57.5 Å². The van der Waals surface area contributed by atoms with E-state index in [9.17, 15) is 18.0 Å². The Balaban J connectivity index is 1.90. The molecule has 0 amide bonds. The lowest BCUT2D eigenvalue weighted by Gasteiger charge is -2.05. The van der Waals surface area contributed by atoms with Crippen LogP contribution in [0.3, 0.4) is 0 Å². The fraction of sp³-hybridized carbons (Fsp3) is 0.105. The molecule has 0 bridgehead atoms. The van der Waals surface area contributed by atoms with Gasteiger partial charge in [0, 0.05) is 22.0 Å². The number of hydrogen-bond donors (Lipinski definition) is 0. The van der Waals surface area contributed by atoms with Crippen LogP contribution in [0.5, 0.6) is 0 Å². The first-order valence-electron chi connectivity index (χ1n) is 8.33. The lowest BCUT2D eigenvalue weighted by atomic mass is 10.2. The van der Waals surface area contributed by atoms with Gasteiger partial charge in [-0.3, -0.25) is 4.68 Å². The molecule has 3 rings (SSSR count). The van der Waals surface area contributed by atoms with Crippen molar-refractivity contribution in [3.05, 3.63) is 74.4 Å². The van der Waals surface area contributed by atoms with Crippen LogP contribution in [0, 0.1) is 0 Å². The zero-order chi connectivity index (χ0) is 22.8. The van der Waals surface area contributed by atoms with Crippen molar-refractivity contribution < 1.29 is 22.8 Å². The van der Waals surface area contributed by atoms with Crippen LogP contribution in [0.25, 0.3) is 0 Å². The molecule has 0 radical (unpaired) electrons. The molecule has 3 aromatic rings. The first-order valence-corrected chi connectivity index (χ1v) is 10.3. The Morgan fingerprint density at radius 2 is 1.77 bits per heavy atom. The van der Waals surface area contributed by atoms with E-state index in [0.29, 0.717) is 14.9 Å². The van der Waals surface area contributed by atoms with Crippen LogP contribution in [0.4, 0.5) is 13.2 Å². The molecule has 0 spiro atoms. The third-order valence-corrected chi connectivity index (χ3v) is 5.78. The molecule has 0 atom stereocenters. The molecule has 0 N–H and O–H groups in total. The Bertz CT molecular complexity index is 1150. The van der Waals surface area contributed by atoms with Gasteiger partial charge in [0.1, 0.15) is 5.03 Å². The Labute approximate surface area is 193 Å². The highest BCUT2D eigenvalue weighted by atomic mass is 35.5. The average molecular weight is 509 g/mol. The van der Waals surface area contributed by atoms with Gasteiger partial charge in [-0.2, -0.15) is 18.3 Å². The van der Waals surface area contributed by atoms with Crippen molar-refractivity contribution >= 4 is 58.7 Å². The monoisotopic (exact) mass is 507 g/mol. The van der Waals surface area contributed by atoms with E-state index in [2.05, 4.69) is 10.3 Å². The maximum Gasteiger partial charge on any atom is 0.435 e. The highest BCUT2D eigenvalue weighted by molar-refractivity contribution is 7.99. The highest BCUT2D eigenvalue weighted by Gasteiger charge is 2.38. The maximum atomic E-state index is 13.5. The first-order chi connectivity index (χ1) is 14.6. The smallest absolute Gasteiger partial charge is 0.313 e. The van der Waals surface area contributed by atoms with Crippen molar-refractivity contribution in [1.29, 1.82) is 0 Å². The highest BCUT2D eigenvalue weighted by Crippen LogP contribution is 2.37. The molecular formula is C19H11Cl3F3N3O2S. The van der Waals surface area contributed by atoms with Gasteiger partial charge < -0.3 is 4.84 Å². The number of alkyl halides is 3. The van der Waals surface area contributed by atoms with Crippen LogP contribution < -0.4 is 0 Å². The van der Waals surface area contributed by atoms with E-state index in [-0.39, 0.29) is 21.2 Å². The molecular weight excluding hydrogens is 498 g/mol. The number of halogens is 6. The number of aromatic nitrogens is 2. The van der Waals surface area contributed by atoms with Gasteiger partial charge in [-0.25, -0.2) is 4.79 Å². The van der Waals surface area contributed by atoms with Gasteiger partial charge in [-0.1, -0.05) is 51.7 Å². The predicted molar refractivity (Wildman–Crippen MR) is 113 cm³/mol. The molecule has 1 heterocycles. The second-order valence-corrected chi connectivity index (χ2v) is 8.32. The van der Waals surface area contributed by atoms with Gasteiger partial charge in [0.05, 0.1) is 22.4 Å². The summed E-state index contributed by atoms with van der Waals surface area (Å²) in [5, 5.41) is 7.93. The number of benzene rings is 2. The van der Waals surface area contributed by atoms with Crippen molar-refractivity contribution in [2.45, 2.75) is 16.1 Å². The minimum Gasteiger partial charge on any atom is -0.313 e. The number of rotatable bonds is 5. The summed E-state index contributed by atoms with van der Waals surface area (Å²) in [5.41, 5.74) is -1.57. The van der Waals surface area contributed by atoms with Crippen molar-refractivity contribution in [3.8, 4) is 0 Å². The van der Waals surface area contributed by atoms with Gasteiger partial charge in [0.15, 0.2) is 5.69 Å². The van der Waals surface area contributed by atoms with Crippen LogP contribution in [0.1, 0.15) is 21.6 Å². The van der Waals surface area contributed by atoms with Crippen molar-refractivity contribution in [1.82, 2.24) is 9.78 Å². The number of hydrogen-bond acceptors (Lipinski definition) is 5. The van der Waals surface area contributed by atoms with E-state index in [4.69, 9.17) is 39.6 Å². The number of oxime groups is 1. The fourth-order valence-electron chi connectivity index (χ4n) is 2.42. The number of carbonyl (C=O) groups excluding carboxylic acids is 1. The third-order valence-electron chi connectivity index (χ3n) is 3.79. The molecule has 12 heteroatoms. The molecule has 2 aromatic carbocycles. The molecule has 0 aliphatic heterocycles. The number of nitrogens with zero attached hydrogens (tertiary/aromatic N) is 3. The Kier molecular flexibility index (Phi) is 7.20. The van der Waals surface area contributed by atoms with Gasteiger partial charge in [-0.15, -0.1) is 0 Å². The molecule has 162 valence electrons. The van der Waals surface area contributed by atoms with Crippen LogP contribution in [0.2, 0.25) is 15.1 Å². The van der Waals surface area contributed by atoms with Gasteiger partial charge in [0.25, 0.3) is 0 Å². The lowest BCUT2D eigenvalue weighted by Crippen LogP contribution is -2.09. The zero-order valence-electron chi connectivity index (χ0n) is 15.5. The van der Waals surface area contributed by atoms with E-state index < -0.39 is 17.8 Å². The summed E-state index contributed by atoms with van der Waals surface area (Å²) in [4.78, 5) is 17.5. The standard InChI is InChI=1S/C19H11Cl3F3N3O2S/c1-28-17(31-12-5-2-10(20)3-6-12)14(16(27-28)19(23,24)25)9-26-30-18(29)13-7-4-11(21)8-15(13)22/h2-9H,1H3. The summed E-state index contributed by atoms with van der Waals surface area (Å²) < 4.78 is 41.5. The first kappa shape index (κ1) is 23.5. The summed E-state index contributed by atoms with van der Waals surface area (Å²) in [5.74, 6) is -0.956. The van der Waals surface area contributed by atoms with Crippen molar-refractivity contribution in [2.75, 3.05) is 0 Å². The maximum absolute atomic E-state index is 13.5. The summed E-state index contributed by atoms with van der Waals surface area (Å²) in [6, 6.07) is 10.6. The van der Waals surface area contributed by atoms with Crippen LogP contribution >= 0.6 is 46.6 Å².